The lowest BCUT2D eigenvalue weighted by molar-refractivity contribution is -0.132. The molecule has 0 spiro atoms. The topological polar surface area (TPSA) is 119 Å². The Morgan fingerprint density at radius 1 is 1.14 bits per heavy atom. The number of amides is 1. The number of nitrogens with one attached hydrogen (secondary N) is 1. The molecule has 5 rings (SSSR count). The summed E-state index contributed by atoms with van der Waals surface area (Å²) in [6.07, 6.45) is 2.15. The van der Waals surface area contributed by atoms with Gasteiger partial charge in [-0.05, 0) is 56.2 Å². The molecule has 35 heavy (non-hydrogen) atoms. The zero-order chi connectivity index (χ0) is 24.5. The third-order valence-corrected chi connectivity index (χ3v) is 6.39. The van der Waals surface area contributed by atoms with Crippen LogP contribution in [0.2, 0.25) is 0 Å². The molecule has 1 saturated heterocycles. The number of benzene rings is 2. The Balaban J connectivity index is 1.51. The second-order valence-corrected chi connectivity index (χ2v) is 8.88. The van der Waals surface area contributed by atoms with Crippen LogP contribution >= 0.6 is 0 Å². The minimum absolute atomic E-state index is 0.0895. The Bertz CT molecular complexity index is 1420. The second kappa shape index (κ2) is 9.25. The lowest BCUT2D eigenvalue weighted by Gasteiger charge is -2.32. The van der Waals surface area contributed by atoms with Gasteiger partial charge in [-0.2, -0.15) is 10.1 Å². The van der Waals surface area contributed by atoms with Crippen LogP contribution in [0.5, 0.6) is 11.5 Å². The lowest BCUT2D eigenvalue weighted by Crippen LogP contribution is -2.40. The Hall–Kier alpha value is -4.14. The third-order valence-electron chi connectivity index (χ3n) is 6.39. The summed E-state index contributed by atoms with van der Waals surface area (Å²) in [7, 11) is 0. The molecular weight excluding hydrogens is 444 g/mol. The number of nitrogens with zero attached hydrogens (tertiary/aromatic N) is 4. The number of H-pyrrole nitrogens is 1. The van der Waals surface area contributed by atoms with E-state index in [1.807, 2.05) is 67.3 Å². The molecule has 1 atom stereocenters. The van der Waals surface area contributed by atoms with Gasteiger partial charge in [-0.3, -0.25) is 9.78 Å². The highest BCUT2D eigenvalue weighted by molar-refractivity contribution is 5.98. The fourth-order valence-corrected chi connectivity index (χ4v) is 4.57. The maximum atomic E-state index is 12.3. The van der Waals surface area contributed by atoms with Crippen LogP contribution in [0.4, 0.5) is 5.82 Å². The quantitative estimate of drug-likeness (QED) is 0.452. The van der Waals surface area contributed by atoms with Gasteiger partial charge in [0.2, 0.25) is 5.91 Å². The number of nitrogen functional groups attached to an aromatic ring is 1. The molecule has 1 amide bonds. The number of fused-ring (bicyclic) bond motifs is 1. The van der Waals surface area contributed by atoms with E-state index in [4.69, 9.17) is 15.6 Å². The van der Waals surface area contributed by atoms with E-state index in [9.17, 15) is 9.59 Å². The van der Waals surface area contributed by atoms with Crippen LogP contribution < -0.4 is 16.2 Å². The van der Waals surface area contributed by atoms with Gasteiger partial charge in [0.1, 0.15) is 23.0 Å². The molecule has 1 unspecified atom stereocenters. The van der Waals surface area contributed by atoms with E-state index in [1.54, 1.807) is 4.68 Å². The van der Waals surface area contributed by atoms with Crippen LogP contribution in [0.15, 0.2) is 53.3 Å². The smallest absolute Gasteiger partial charge is 0.348 e. The molecule has 9 heteroatoms. The zero-order valence-electron chi connectivity index (χ0n) is 19.8. The molecule has 1 aliphatic rings. The van der Waals surface area contributed by atoms with Crippen molar-refractivity contribution in [3.8, 4) is 22.8 Å². The predicted octanol–water partition coefficient (Wildman–Crippen LogP) is 4.04. The summed E-state index contributed by atoms with van der Waals surface area (Å²) in [5, 5.41) is 5.46. The van der Waals surface area contributed by atoms with Gasteiger partial charge < -0.3 is 15.4 Å². The summed E-state index contributed by atoms with van der Waals surface area (Å²) in [4.78, 5) is 33.1. The van der Waals surface area contributed by atoms with Crippen LogP contribution in [0.3, 0.4) is 0 Å². The molecule has 3 N–H and O–H groups in total. The summed E-state index contributed by atoms with van der Waals surface area (Å²) in [6.45, 7) is 5.15. The average molecular weight is 473 g/mol. The number of aromatic nitrogens is 4. The van der Waals surface area contributed by atoms with Crippen molar-refractivity contribution in [1.82, 2.24) is 24.6 Å². The zero-order valence-corrected chi connectivity index (χ0v) is 19.8. The molecule has 0 saturated carbocycles. The number of carbonyl (C=O) groups is 1. The van der Waals surface area contributed by atoms with Gasteiger partial charge in [0.05, 0.1) is 11.4 Å². The minimum atomic E-state index is -0.526. The SMILES string of the molecule is CCC(=O)N1CCCC(n2nc(-c3ccc(Oc4ccc(C)cc4)cc3)c3c(N)[nH]c(=O)nc32)C1. The fraction of sp³-hybridized carbons (Fsp3) is 0.308. The highest BCUT2D eigenvalue weighted by atomic mass is 16.5. The van der Waals surface area contributed by atoms with Crippen LogP contribution in [0.25, 0.3) is 22.3 Å². The van der Waals surface area contributed by atoms with E-state index >= 15 is 0 Å². The van der Waals surface area contributed by atoms with Gasteiger partial charge in [-0.1, -0.05) is 24.6 Å². The molecular formula is C26H28N6O3. The number of aryl methyl sites for hydroxylation is 1. The summed E-state index contributed by atoms with van der Waals surface area (Å²) in [5.41, 5.74) is 8.76. The van der Waals surface area contributed by atoms with Gasteiger partial charge in [-0.25, -0.2) is 9.48 Å². The van der Waals surface area contributed by atoms with Crippen LogP contribution in [0.1, 0.15) is 37.8 Å². The van der Waals surface area contributed by atoms with Crippen LogP contribution in [-0.2, 0) is 4.79 Å². The number of rotatable bonds is 5. The monoisotopic (exact) mass is 472 g/mol. The van der Waals surface area contributed by atoms with Crippen molar-refractivity contribution in [2.75, 3.05) is 18.8 Å². The first-order valence-electron chi connectivity index (χ1n) is 11.8. The highest BCUT2D eigenvalue weighted by Crippen LogP contribution is 2.34. The van der Waals surface area contributed by atoms with Crippen molar-refractivity contribution in [2.45, 2.75) is 39.2 Å². The number of ether oxygens (including phenoxy) is 1. The van der Waals surface area contributed by atoms with Crippen molar-refractivity contribution >= 4 is 22.8 Å². The van der Waals surface area contributed by atoms with Crippen molar-refractivity contribution < 1.29 is 9.53 Å². The standard InChI is InChI=1S/C26H28N6O3/c1-3-21(33)31-14-4-5-18(15-31)32-25-22(24(27)28-26(34)29-25)23(30-32)17-8-12-20(13-9-17)35-19-10-6-16(2)7-11-19/h6-13,18H,3-5,14-15H2,1-2H3,(H3,27,28,29,34). The number of hydrogen-bond acceptors (Lipinski definition) is 6. The molecule has 0 bridgehead atoms. The number of likely N-dealkylation sites (tertiary alicyclic amines) is 1. The normalized spacial score (nSPS) is 15.9. The number of carbonyl (C=O) groups excluding carboxylic acids is 1. The number of hydrogen-bond donors (Lipinski definition) is 2. The van der Waals surface area contributed by atoms with E-state index in [2.05, 4.69) is 9.97 Å². The average Bonchev–Trinajstić information content (AvgIpc) is 3.25. The molecule has 0 radical (unpaired) electrons. The molecule has 4 aromatic rings. The molecule has 2 aromatic carbocycles. The molecule has 3 heterocycles. The Morgan fingerprint density at radius 2 is 1.83 bits per heavy atom. The van der Waals surface area contributed by atoms with E-state index in [0.717, 1.165) is 30.7 Å². The molecule has 1 aliphatic heterocycles. The largest absolute Gasteiger partial charge is 0.457 e. The highest BCUT2D eigenvalue weighted by Gasteiger charge is 2.28. The van der Waals surface area contributed by atoms with Crippen LogP contribution in [-0.4, -0.2) is 43.6 Å². The van der Waals surface area contributed by atoms with E-state index in [-0.39, 0.29) is 17.8 Å². The van der Waals surface area contributed by atoms with E-state index in [1.165, 1.54) is 5.56 Å². The first kappa shape index (κ1) is 22.6. The first-order valence-corrected chi connectivity index (χ1v) is 11.8. The Morgan fingerprint density at radius 3 is 2.51 bits per heavy atom. The number of aromatic amines is 1. The Labute approximate surface area is 202 Å². The van der Waals surface area contributed by atoms with Gasteiger partial charge in [-0.15, -0.1) is 0 Å². The van der Waals surface area contributed by atoms with Crippen molar-refractivity contribution in [3.63, 3.8) is 0 Å². The summed E-state index contributed by atoms with van der Waals surface area (Å²) < 4.78 is 7.71. The number of nitrogens with two attached hydrogens (primary N) is 1. The first-order chi connectivity index (χ1) is 16.9. The number of anilines is 1. The van der Waals surface area contributed by atoms with Crippen molar-refractivity contribution in [3.05, 3.63) is 64.6 Å². The molecule has 9 nitrogen and oxygen atoms in total. The summed E-state index contributed by atoms with van der Waals surface area (Å²) >= 11 is 0. The molecule has 1 fully saturated rings. The fourth-order valence-electron chi connectivity index (χ4n) is 4.57. The molecule has 2 aromatic heterocycles. The van der Waals surface area contributed by atoms with Gasteiger partial charge in [0.25, 0.3) is 0 Å². The molecule has 0 aliphatic carbocycles. The predicted molar refractivity (Wildman–Crippen MR) is 134 cm³/mol. The number of piperidine rings is 1. The second-order valence-electron chi connectivity index (χ2n) is 8.88. The third kappa shape index (κ3) is 4.49. The van der Waals surface area contributed by atoms with Crippen molar-refractivity contribution in [2.24, 2.45) is 0 Å². The van der Waals surface area contributed by atoms with E-state index < -0.39 is 5.69 Å². The summed E-state index contributed by atoms with van der Waals surface area (Å²) in [6, 6.07) is 15.3. The maximum Gasteiger partial charge on any atom is 0.348 e. The van der Waals surface area contributed by atoms with Gasteiger partial charge >= 0.3 is 5.69 Å². The lowest BCUT2D eigenvalue weighted by atomic mass is 10.1. The van der Waals surface area contributed by atoms with Gasteiger partial charge in [0, 0.05) is 25.1 Å². The molecule has 180 valence electrons. The minimum Gasteiger partial charge on any atom is -0.457 e. The van der Waals surface area contributed by atoms with Crippen LogP contribution in [0, 0.1) is 6.92 Å². The summed E-state index contributed by atoms with van der Waals surface area (Å²) in [5.74, 6) is 1.79. The Kier molecular flexibility index (Phi) is 5.98. The van der Waals surface area contributed by atoms with Gasteiger partial charge in [0.15, 0.2) is 5.65 Å². The van der Waals surface area contributed by atoms with E-state index in [0.29, 0.717) is 35.4 Å². The maximum absolute atomic E-state index is 12.3. The van der Waals surface area contributed by atoms with Crippen molar-refractivity contribution in [1.29, 1.82) is 0 Å².